The maximum Gasteiger partial charge on any atom is 0.243 e. The summed E-state index contributed by atoms with van der Waals surface area (Å²) in [5.41, 5.74) is 0.994. The molecule has 1 aromatic carbocycles. The molecule has 1 heterocycles. The first-order chi connectivity index (χ1) is 12.1. The Kier molecular flexibility index (Phi) is 10.5. The first-order valence-corrected chi connectivity index (χ1v) is 10.6. The zero-order valence-corrected chi connectivity index (χ0v) is 18.8. The van der Waals surface area contributed by atoms with E-state index in [1.165, 1.54) is 0 Å². The fourth-order valence-electron chi connectivity index (χ4n) is 2.74. The molecular formula is C18H31IN4O2S. The lowest BCUT2D eigenvalue weighted by Gasteiger charge is -2.15. The third-order valence-electron chi connectivity index (χ3n) is 4.21. The van der Waals surface area contributed by atoms with Crippen molar-refractivity contribution in [2.24, 2.45) is 4.99 Å². The third kappa shape index (κ3) is 6.70. The molecule has 0 saturated carbocycles. The van der Waals surface area contributed by atoms with Crippen molar-refractivity contribution >= 4 is 40.0 Å². The van der Waals surface area contributed by atoms with Crippen LogP contribution in [0.5, 0.6) is 0 Å². The molecule has 0 spiro atoms. The predicted molar refractivity (Wildman–Crippen MR) is 118 cm³/mol. The van der Waals surface area contributed by atoms with E-state index in [1.54, 1.807) is 16.4 Å². The lowest BCUT2D eigenvalue weighted by molar-refractivity contribution is 0.477. The second kappa shape index (κ2) is 11.8. The number of rotatable bonds is 8. The number of hydrogen-bond acceptors (Lipinski definition) is 3. The van der Waals surface area contributed by atoms with Crippen LogP contribution in [-0.4, -0.2) is 44.9 Å². The van der Waals surface area contributed by atoms with Crippen molar-refractivity contribution in [3.05, 3.63) is 29.8 Å². The summed E-state index contributed by atoms with van der Waals surface area (Å²) in [6.45, 7) is 7.68. The van der Waals surface area contributed by atoms with Crippen LogP contribution < -0.4 is 10.6 Å². The first-order valence-electron chi connectivity index (χ1n) is 9.19. The van der Waals surface area contributed by atoms with Crippen LogP contribution in [-0.2, 0) is 16.6 Å². The van der Waals surface area contributed by atoms with Gasteiger partial charge in [-0.25, -0.2) is 13.4 Å². The molecule has 0 amide bonds. The number of hydrogen-bond donors (Lipinski definition) is 2. The summed E-state index contributed by atoms with van der Waals surface area (Å²) in [4.78, 5) is 4.93. The zero-order chi connectivity index (χ0) is 18.1. The van der Waals surface area contributed by atoms with Crippen molar-refractivity contribution in [2.75, 3.05) is 26.2 Å². The molecule has 0 aromatic heterocycles. The Hall–Kier alpha value is -0.870. The van der Waals surface area contributed by atoms with Gasteiger partial charge in [0.2, 0.25) is 10.0 Å². The van der Waals surface area contributed by atoms with E-state index < -0.39 is 10.0 Å². The number of aliphatic imine (C=N–C) groups is 1. The first kappa shape index (κ1) is 23.2. The van der Waals surface area contributed by atoms with Crippen LogP contribution in [0.1, 0.15) is 45.1 Å². The molecule has 1 aromatic rings. The molecule has 0 radical (unpaired) electrons. The van der Waals surface area contributed by atoms with E-state index in [0.717, 1.165) is 50.3 Å². The number of halogens is 1. The maximum atomic E-state index is 12.5. The summed E-state index contributed by atoms with van der Waals surface area (Å²) in [5.74, 6) is 0.796. The normalized spacial score (nSPS) is 15.5. The second-order valence-corrected chi connectivity index (χ2v) is 8.17. The summed E-state index contributed by atoms with van der Waals surface area (Å²) in [5, 5.41) is 6.52. The molecule has 0 unspecified atom stereocenters. The standard InChI is InChI=1S/C18H30N4O2S.HI/c1-3-5-12-20-18(19-4-2)21-15-16-8-10-17(11-9-16)25(23,24)22-13-6-7-14-22;/h8-11H,3-7,12-15H2,1-2H3,(H2,19,20,21);1H. The lowest BCUT2D eigenvalue weighted by atomic mass is 10.2. The van der Waals surface area contributed by atoms with E-state index in [9.17, 15) is 8.42 Å². The Balaban J connectivity index is 0.00000338. The predicted octanol–water partition coefficient (Wildman–Crippen LogP) is 2.94. The molecule has 0 aliphatic carbocycles. The van der Waals surface area contributed by atoms with Gasteiger partial charge in [-0.05, 0) is 43.9 Å². The highest BCUT2D eigenvalue weighted by Crippen LogP contribution is 2.21. The van der Waals surface area contributed by atoms with Crippen molar-refractivity contribution in [2.45, 2.75) is 51.0 Å². The van der Waals surface area contributed by atoms with Gasteiger partial charge >= 0.3 is 0 Å². The zero-order valence-electron chi connectivity index (χ0n) is 15.7. The molecule has 26 heavy (non-hydrogen) atoms. The molecule has 0 atom stereocenters. The average molecular weight is 494 g/mol. The summed E-state index contributed by atoms with van der Waals surface area (Å²) >= 11 is 0. The van der Waals surface area contributed by atoms with Gasteiger partial charge in [0, 0.05) is 26.2 Å². The quantitative estimate of drug-likeness (QED) is 0.252. The lowest BCUT2D eigenvalue weighted by Crippen LogP contribution is -2.37. The summed E-state index contributed by atoms with van der Waals surface area (Å²) in [7, 11) is -3.34. The minimum atomic E-state index is -3.34. The molecule has 1 aliphatic heterocycles. The third-order valence-corrected chi connectivity index (χ3v) is 6.13. The Bertz CT molecular complexity index is 656. The fourth-order valence-corrected chi connectivity index (χ4v) is 4.26. The number of benzene rings is 1. The molecular weight excluding hydrogens is 463 g/mol. The maximum absolute atomic E-state index is 12.5. The minimum Gasteiger partial charge on any atom is -0.357 e. The molecule has 1 aliphatic rings. The molecule has 1 fully saturated rings. The van der Waals surface area contributed by atoms with E-state index in [-0.39, 0.29) is 24.0 Å². The van der Waals surface area contributed by atoms with Crippen LogP contribution >= 0.6 is 24.0 Å². The van der Waals surface area contributed by atoms with E-state index in [4.69, 9.17) is 0 Å². The van der Waals surface area contributed by atoms with E-state index in [2.05, 4.69) is 22.5 Å². The van der Waals surface area contributed by atoms with Crippen molar-refractivity contribution in [3.8, 4) is 0 Å². The Morgan fingerprint density at radius 2 is 1.77 bits per heavy atom. The molecule has 6 nitrogen and oxygen atoms in total. The molecule has 0 bridgehead atoms. The number of sulfonamides is 1. The van der Waals surface area contributed by atoms with Gasteiger partial charge < -0.3 is 10.6 Å². The highest BCUT2D eigenvalue weighted by Gasteiger charge is 2.26. The van der Waals surface area contributed by atoms with E-state index in [0.29, 0.717) is 24.5 Å². The Morgan fingerprint density at radius 3 is 2.35 bits per heavy atom. The molecule has 2 N–H and O–H groups in total. The van der Waals surface area contributed by atoms with Crippen LogP contribution in [0.4, 0.5) is 0 Å². The largest absolute Gasteiger partial charge is 0.357 e. The van der Waals surface area contributed by atoms with Gasteiger partial charge in [0.25, 0.3) is 0 Å². The molecule has 1 saturated heterocycles. The second-order valence-electron chi connectivity index (χ2n) is 6.23. The smallest absolute Gasteiger partial charge is 0.243 e. The van der Waals surface area contributed by atoms with E-state index >= 15 is 0 Å². The van der Waals surface area contributed by atoms with Crippen LogP contribution in [0.15, 0.2) is 34.2 Å². The van der Waals surface area contributed by atoms with Gasteiger partial charge in [-0.3, -0.25) is 0 Å². The topological polar surface area (TPSA) is 73.8 Å². The number of unbranched alkanes of at least 4 members (excludes halogenated alkanes) is 1. The van der Waals surface area contributed by atoms with Crippen molar-refractivity contribution in [1.82, 2.24) is 14.9 Å². The number of nitrogens with zero attached hydrogens (tertiary/aromatic N) is 2. The highest BCUT2D eigenvalue weighted by atomic mass is 127. The van der Waals surface area contributed by atoms with Gasteiger partial charge in [-0.2, -0.15) is 4.31 Å². The molecule has 148 valence electrons. The van der Waals surface area contributed by atoms with Gasteiger partial charge in [0.15, 0.2) is 5.96 Å². The van der Waals surface area contributed by atoms with Gasteiger partial charge in [-0.1, -0.05) is 25.5 Å². The van der Waals surface area contributed by atoms with E-state index in [1.807, 2.05) is 19.1 Å². The van der Waals surface area contributed by atoms with Crippen LogP contribution in [0, 0.1) is 0 Å². The van der Waals surface area contributed by atoms with Crippen molar-refractivity contribution < 1.29 is 8.42 Å². The number of guanidine groups is 1. The molecule has 8 heteroatoms. The summed E-state index contributed by atoms with van der Waals surface area (Å²) < 4.78 is 26.6. The number of nitrogens with one attached hydrogen (secondary N) is 2. The monoisotopic (exact) mass is 494 g/mol. The van der Waals surface area contributed by atoms with Crippen LogP contribution in [0.2, 0.25) is 0 Å². The summed E-state index contributed by atoms with van der Waals surface area (Å²) in [6, 6.07) is 7.08. The average Bonchev–Trinajstić information content (AvgIpc) is 3.16. The van der Waals surface area contributed by atoms with Crippen molar-refractivity contribution in [1.29, 1.82) is 0 Å². The fraction of sp³-hybridized carbons (Fsp3) is 0.611. The van der Waals surface area contributed by atoms with Gasteiger partial charge in [0.1, 0.15) is 0 Å². The Morgan fingerprint density at radius 1 is 1.12 bits per heavy atom. The van der Waals surface area contributed by atoms with Crippen LogP contribution in [0.3, 0.4) is 0 Å². The molecule has 2 rings (SSSR count). The Labute approximate surface area is 174 Å². The summed E-state index contributed by atoms with van der Waals surface area (Å²) in [6.07, 6.45) is 4.14. The minimum absolute atomic E-state index is 0. The van der Waals surface area contributed by atoms with Crippen LogP contribution in [0.25, 0.3) is 0 Å². The highest BCUT2D eigenvalue weighted by molar-refractivity contribution is 14.0. The van der Waals surface area contributed by atoms with Gasteiger partial charge in [0.05, 0.1) is 11.4 Å². The van der Waals surface area contributed by atoms with Crippen molar-refractivity contribution in [3.63, 3.8) is 0 Å². The van der Waals surface area contributed by atoms with Gasteiger partial charge in [-0.15, -0.1) is 24.0 Å². The SMILES string of the molecule is CCCCNC(=NCc1ccc(S(=O)(=O)N2CCCC2)cc1)NCC.I.